The lowest BCUT2D eigenvalue weighted by molar-refractivity contribution is -0.647. The molecular weight excluding hydrogens is 242 g/mol. The predicted octanol–water partition coefficient (Wildman–Crippen LogP) is 0.180. The van der Waals surface area contributed by atoms with Crippen molar-refractivity contribution in [2.75, 3.05) is 5.73 Å². The van der Waals surface area contributed by atoms with Crippen LogP contribution in [0.15, 0.2) is 41.5 Å². The smallest absolute Gasteiger partial charge is 0.311 e. The van der Waals surface area contributed by atoms with E-state index in [1.165, 1.54) is 0 Å². The molecular formula is C13H14N5O+. The molecule has 19 heavy (non-hydrogen) atoms. The second-order valence-corrected chi connectivity index (χ2v) is 4.46. The van der Waals surface area contributed by atoms with Crippen molar-refractivity contribution in [3.8, 4) is 0 Å². The van der Waals surface area contributed by atoms with Crippen LogP contribution in [-0.2, 0) is 13.6 Å². The third-order valence-corrected chi connectivity index (χ3v) is 3.02. The summed E-state index contributed by atoms with van der Waals surface area (Å²) in [5.74, 6) is 0.130. The van der Waals surface area contributed by atoms with Gasteiger partial charge in [-0.1, -0.05) is 35.3 Å². The van der Waals surface area contributed by atoms with Crippen molar-refractivity contribution in [3.05, 3.63) is 52.6 Å². The Labute approximate surface area is 109 Å². The van der Waals surface area contributed by atoms with E-state index < -0.39 is 0 Å². The molecule has 3 N–H and O–H groups in total. The first-order valence-electron chi connectivity index (χ1n) is 5.93. The number of fused-ring (bicyclic) bond motifs is 1. The Balaban J connectivity index is 2.18. The highest BCUT2D eigenvalue weighted by Crippen LogP contribution is 2.08. The highest BCUT2D eigenvalue weighted by Gasteiger charge is 2.19. The zero-order valence-electron chi connectivity index (χ0n) is 10.5. The third kappa shape index (κ3) is 1.97. The molecule has 0 amide bonds. The summed E-state index contributed by atoms with van der Waals surface area (Å²) in [6.45, 7) is 0.618. The van der Waals surface area contributed by atoms with Crippen molar-refractivity contribution < 1.29 is 4.57 Å². The number of nitrogens with one attached hydrogen (secondary N) is 1. The summed E-state index contributed by atoms with van der Waals surface area (Å²) >= 11 is 0. The van der Waals surface area contributed by atoms with Crippen LogP contribution in [0.1, 0.15) is 5.56 Å². The van der Waals surface area contributed by atoms with E-state index in [1.807, 2.05) is 48.3 Å². The van der Waals surface area contributed by atoms with Crippen LogP contribution >= 0.6 is 0 Å². The number of hydrogen-bond acceptors (Lipinski definition) is 3. The van der Waals surface area contributed by atoms with Crippen LogP contribution in [0, 0.1) is 0 Å². The van der Waals surface area contributed by atoms with Gasteiger partial charge in [0.25, 0.3) is 11.5 Å². The standard InChI is InChI=1S/C13H13N5O/c1-17-8-18(7-9-5-3-2-4-6-9)10-11(17)15-13(14)16-12(10)19/h2-6,8H,7H2,1H3,(H2-,14,15,16,19)/p+1. The van der Waals surface area contributed by atoms with Gasteiger partial charge in [-0.3, -0.25) is 14.3 Å². The van der Waals surface area contributed by atoms with Crippen molar-refractivity contribution in [1.82, 2.24) is 14.5 Å². The van der Waals surface area contributed by atoms with Gasteiger partial charge in [0, 0.05) is 0 Å². The molecule has 6 heteroatoms. The molecule has 0 aliphatic heterocycles. The first-order valence-corrected chi connectivity index (χ1v) is 5.93. The maximum absolute atomic E-state index is 12.0. The second kappa shape index (κ2) is 4.24. The van der Waals surface area contributed by atoms with Gasteiger partial charge in [-0.05, 0) is 5.56 Å². The number of rotatable bonds is 2. The molecule has 0 radical (unpaired) electrons. The molecule has 1 aromatic carbocycles. The molecule has 0 saturated carbocycles. The normalized spacial score (nSPS) is 11.0. The summed E-state index contributed by atoms with van der Waals surface area (Å²) in [5.41, 5.74) is 7.57. The van der Waals surface area contributed by atoms with Gasteiger partial charge >= 0.3 is 5.65 Å². The zero-order chi connectivity index (χ0) is 13.4. The SMILES string of the molecule is C[n+]1cn(Cc2ccccc2)c2c(=O)[nH]c(N)nc21. The minimum Gasteiger partial charge on any atom is -0.355 e. The highest BCUT2D eigenvalue weighted by molar-refractivity contribution is 5.67. The first-order chi connectivity index (χ1) is 9.15. The zero-order valence-corrected chi connectivity index (χ0v) is 10.5. The number of nitrogens with two attached hydrogens (primary N) is 1. The summed E-state index contributed by atoms with van der Waals surface area (Å²) in [6, 6.07) is 9.95. The number of aryl methyl sites for hydroxylation is 1. The van der Waals surface area contributed by atoms with Gasteiger partial charge in [-0.25, -0.2) is 4.57 Å². The third-order valence-electron chi connectivity index (χ3n) is 3.02. The van der Waals surface area contributed by atoms with Crippen LogP contribution in [0.2, 0.25) is 0 Å². The van der Waals surface area contributed by atoms with Crippen molar-refractivity contribution in [2.24, 2.45) is 7.05 Å². The van der Waals surface area contributed by atoms with Gasteiger partial charge < -0.3 is 5.73 Å². The molecule has 0 saturated heterocycles. The maximum Gasteiger partial charge on any atom is 0.311 e. The molecule has 96 valence electrons. The molecule has 0 spiro atoms. The fourth-order valence-corrected chi connectivity index (χ4v) is 2.20. The van der Waals surface area contributed by atoms with E-state index in [-0.39, 0.29) is 11.5 Å². The topological polar surface area (TPSA) is 80.6 Å². The quantitative estimate of drug-likeness (QED) is 0.642. The summed E-state index contributed by atoms with van der Waals surface area (Å²) in [7, 11) is 1.84. The monoisotopic (exact) mass is 256 g/mol. The average molecular weight is 256 g/mol. The number of aromatic nitrogens is 4. The Morgan fingerprint density at radius 2 is 2.11 bits per heavy atom. The van der Waals surface area contributed by atoms with Crippen LogP contribution in [0.4, 0.5) is 5.95 Å². The lowest BCUT2D eigenvalue weighted by Gasteiger charge is -1.98. The molecule has 2 heterocycles. The van der Waals surface area contributed by atoms with Crippen LogP contribution in [-0.4, -0.2) is 14.5 Å². The predicted molar refractivity (Wildman–Crippen MR) is 71.5 cm³/mol. The van der Waals surface area contributed by atoms with Crippen molar-refractivity contribution in [3.63, 3.8) is 0 Å². The van der Waals surface area contributed by atoms with E-state index in [0.717, 1.165) is 5.56 Å². The highest BCUT2D eigenvalue weighted by atomic mass is 16.1. The van der Waals surface area contributed by atoms with E-state index in [0.29, 0.717) is 17.7 Å². The lowest BCUT2D eigenvalue weighted by Crippen LogP contribution is -2.27. The van der Waals surface area contributed by atoms with Gasteiger partial charge in [0.1, 0.15) is 0 Å². The average Bonchev–Trinajstić information content (AvgIpc) is 2.67. The van der Waals surface area contributed by atoms with Crippen molar-refractivity contribution in [1.29, 1.82) is 0 Å². The molecule has 0 aliphatic carbocycles. The number of anilines is 1. The Bertz CT molecular complexity index is 788. The number of aromatic amines is 1. The fourth-order valence-electron chi connectivity index (χ4n) is 2.20. The summed E-state index contributed by atoms with van der Waals surface area (Å²) in [4.78, 5) is 18.7. The number of hydrogen-bond donors (Lipinski definition) is 2. The molecule has 3 aromatic rings. The number of benzene rings is 1. The van der Waals surface area contributed by atoms with E-state index in [2.05, 4.69) is 9.97 Å². The van der Waals surface area contributed by atoms with Crippen LogP contribution < -0.4 is 15.9 Å². The Hall–Kier alpha value is -2.63. The van der Waals surface area contributed by atoms with Crippen molar-refractivity contribution >= 4 is 17.1 Å². The minimum atomic E-state index is -0.223. The van der Waals surface area contributed by atoms with E-state index in [4.69, 9.17) is 5.73 Å². The first kappa shape index (κ1) is 11.5. The molecule has 0 bridgehead atoms. The van der Waals surface area contributed by atoms with Crippen LogP contribution in [0.3, 0.4) is 0 Å². The number of H-pyrrole nitrogens is 1. The van der Waals surface area contributed by atoms with E-state index in [9.17, 15) is 4.79 Å². The van der Waals surface area contributed by atoms with Crippen LogP contribution in [0.25, 0.3) is 11.2 Å². The van der Waals surface area contributed by atoms with E-state index >= 15 is 0 Å². The van der Waals surface area contributed by atoms with Gasteiger partial charge in [0.05, 0.1) is 13.6 Å². The van der Waals surface area contributed by atoms with Crippen LogP contribution in [0.5, 0.6) is 0 Å². The second-order valence-electron chi connectivity index (χ2n) is 4.46. The number of nitrogens with zero attached hydrogens (tertiary/aromatic N) is 3. The van der Waals surface area contributed by atoms with Gasteiger partial charge in [0.2, 0.25) is 5.52 Å². The number of nitrogen functional groups attached to an aromatic ring is 1. The van der Waals surface area contributed by atoms with E-state index in [1.54, 1.807) is 4.57 Å². The maximum atomic E-state index is 12.0. The van der Waals surface area contributed by atoms with Gasteiger partial charge in [-0.2, -0.15) is 0 Å². The van der Waals surface area contributed by atoms with Crippen molar-refractivity contribution in [2.45, 2.75) is 6.54 Å². The minimum absolute atomic E-state index is 0.130. The molecule has 0 atom stereocenters. The largest absolute Gasteiger partial charge is 0.355 e. The molecule has 0 unspecified atom stereocenters. The summed E-state index contributed by atoms with van der Waals surface area (Å²) in [6.07, 6.45) is 1.85. The summed E-state index contributed by atoms with van der Waals surface area (Å²) < 4.78 is 3.67. The summed E-state index contributed by atoms with van der Waals surface area (Å²) in [5, 5.41) is 0. The Morgan fingerprint density at radius 3 is 2.84 bits per heavy atom. The lowest BCUT2D eigenvalue weighted by atomic mass is 10.2. The number of imidazole rings is 1. The fraction of sp³-hybridized carbons (Fsp3) is 0.154. The molecule has 0 fully saturated rings. The molecule has 3 rings (SSSR count). The Kier molecular flexibility index (Phi) is 2.56. The van der Waals surface area contributed by atoms with Gasteiger partial charge in [-0.15, -0.1) is 0 Å². The molecule has 0 aliphatic rings. The molecule has 6 nitrogen and oxygen atoms in total. The van der Waals surface area contributed by atoms with Gasteiger partial charge in [0.15, 0.2) is 6.33 Å². The molecule has 2 aromatic heterocycles. The Morgan fingerprint density at radius 1 is 1.37 bits per heavy atom.